The summed E-state index contributed by atoms with van der Waals surface area (Å²) in [6, 6.07) is 0.104. The van der Waals surface area contributed by atoms with Crippen molar-refractivity contribution in [3.8, 4) is 0 Å². The summed E-state index contributed by atoms with van der Waals surface area (Å²) in [5, 5.41) is 2.52. The summed E-state index contributed by atoms with van der Waals surface area (Å²) < 4.78 is 4.94. The first-order valence-electron chi connectivity index (χ1n) is 7.57. The van der Waals surface area contributed by atoms with Gasteiger partial charge in [0.15, 0.2) is 17.5 Å². The van der Waals surface area contributed by atoms with Gasteiger partial charge in [-0.25, -0.2) is 9.78 Å². The highest BCUT2D eigenvalue weighted by Crippen LogP contribution is 2.34. The fraction of sp³-hybridized carbons (Fsp3) is 0.533. The summed E-state index contributed by atoms with van der Waals surface area (Å²) in [5.74, 6) is -0.854. The van der Waals surface area contributed by atoms with Crippen LogP contribution in [-0.4, -0.2) is 29.5 Å². The van der Waals surface area contributed by atoms with Crippen molar-refractivity contribution in [3.05, 3.63) is 20.9 Å². The fourth-order valence-corrected chi connectivity index (χ4v) is 3.23. The molecule has 1 saturated carbocycles. The van der Waals surface area contributed by atoms with E-state index in [4.69, 9.17) is 45.3 Å². The first-order valence-corrected chi connectivity index (χ1v) is 8.71. The minimum atomic E-state index is -0.892. The fourth-order valence-electron chi connectivity index (χ4n) is 2.65. The molecule has 132 valence electrons. The standard InChI is InChI=1S/C15H18Cl3N3O3/c1-7-4-2-3-5-8(7)20-9(22)6-24-15(23)13-10(16)12(19)11(17)14(18)21-13/h7-8H,2-6H2,1H3,(H2,19,21)(H,20,22). The van der Waals surface area contributed by atoms with Crippen LogP contribution in [0.5, 0.6) is 0 Å². The average Bonchev–Trinajstić information content (AvgIpc) is 2.56. The van der Waals surface area contributed by atoms with E-state index in [0.717, 1.165) is 19.3 Å². The van der Waals surface area contributed by atoms with Crippen LogP contribution in [0.1, 0.15) is 43.1 Å². The number of nitrogens with one attached hydrogen (secondary N) is 1. The number of nitrogen functional groups attached to an aromatic ring is 1. The Bertz CT molecular complexity index is 655. The molecule has 0 aliphatic heterocycles. The van der Waals surface area contributed by atoms with Gasteiger partial charge in [-0.05, 0) is 18.8 Å². The number of pyridine rings is 1. The van der Waals surface area contributed by atoms with Crippen LogP contribution in [0.2, 0.25) is 15.2 Å². The molecule has 1 aliphatic carbocycles. The molecule has 6 nitrogen and oxygen atoms in total. The van der Waals surface area contributed by atoms with Crippen molar-refractivity contribution in [2.75, 3.05) is 12.3 Å². The van der Waals surface area contributed by atoms with Gasteiger partial charge in [-0.15, -0.1) is 0 Å². The second kappa shape index (κ2) is 8.23. The predicted octanol–water partition coefficient (Wildman–Crippen LogP) is 3.48. The molecule has 1 heterocycles. The van der Waals surface area contributed by atoms with E-state index in [2.05, 4.69) is 17.2 Å². The largest absolute Gasteiger partial charge is 0.451 e. The Hall–Kier alpha value is -1.24. The van der Waals surface area contributed by atoms with E-state index in [1.165, 1.54) is 6.42 Å². The maximum atomic E-state index is 12.0. The third kappa shape index (κ3) is 4.43. The van der Waals surface area contributed by atoms with Gasteiger partial charge >= 0.3 is 5.97 Å². The number of rotatable bonds is 4. The molecule has 0 radical (unpaired) electrons. The topological polar surface area (TPSA) is 94.3 Å². The molecule has 1 fully saturated rings. The molecule has 1 aromatic rings. The summed E-state index contributed by atoms with van der Waals surface area (Å²) in [6.07, 6.45) is 4.26. The van der Waals surface area contributed by atoms with E-state index in [-0.39, 0.29) is 38.5 Å². The molecular formula is C15H18Cl3N3O3. The molecular weight excluding hydrogens is 377 g/mol. The summed E-state index contributed by atoms with van der Waals surface area (Å²) in [6.45, 7) is 1.67. The molecule has 1 aliphatic rings. The van der Waals surface area contributed by atoms with Gasteiger partial charge in [-0.3, -0.25) is 4.79 Å². The van der Waals surface area contributed by atoms with E-state index in [9.17, 15) is 9.59 Å². The number of carbonyl (C=O) groups excluding carboxylic acids is 2. The number of ether oxygens (including phenoxy) is 1. The van der Waals surface area contributed by atoms with E-state index < -0.39 is 12.6 Å². The molecule has 0 aromatic carbocycles. The SMILES string of the molecule is CC1CCCCC1NC(=O)COC(=O)c1nc(Cl)c(Cl)c(N)c1Cl. The van der Waals surface area contributed by atoms with Gasteiger partial charge in [0.2, 0.25) is 0 Å². The second-order valence-corrected chi connectivity index (χ2v) is 6.92. The minimum Gasteiger partial charge on any atom is -0.451 e. The normalized spacial score (nSPS) is 20.5. The molecule has 1 aromatic heterocycles. The van der Waals surface area contributed by atoms with Crippen LogP contribution >= 0.6 is 34.8 Å². The van der Waals surface area contributed by atoms with Crippen LogP contribution < -0.4 is 11.1 Å². The minimum absolute atomic E-state index is 0.0396. The van der Waals surface area contributed by atoms with Crippen molar-refractivity contribution in [1.82, 2.24) is 10.3 Å². The summed E-state index contributed by atoms with van der Waals surface area (Å²) in [5.41, 5.74) is 5.30. The number of nitrogens with zero attached hydrogens (tertiary/aromatic N) is 1. The number of halogens is 3. The Kier molecular flexibility index (Phi) is 6.54. The number of hydrogen-bond donors (Lipinski definition) is 2. The smallest absolute Gasteiger partial charge is 0.359 e. The summed E-state index contributed by atoms with van der Waals surface area (Å²) in [7, 11) is 0. The van der Waals surface area contributed by atoms with Crippen molar-refractivity contribution in [3.63, 3.8) is 0 Å². The molecule has 2 atom stereocenters. The van der Waals surface area contributed by atoms with Crippen LogP contribution in [0.3, 0.4) is 0 Å². The van der Waals surface area contributed by atoms with Gasteiger partial charge in [0.1, 0.15) is 5.02 Å². The predicted molar refractivity (Wildman–Crippen MR) is 93.5 cm³/mol. The van der Waals surface area contributed by atoms with Crippen LogP contribution in [-0.2, 0) is 9.53 Å². The number of carbonyl (C=O) groups is 2. The van der Waals surface area contributed by atoms with Crippen molar-refractivity contribution < 1.29 is 14.3 Å². The molecule has 0 bridgehead atoms. The molecule has 2 unspecified atom stereocenters. The van der Waals surface area contributed by atoms with E-state index in [1.807, 2.05) is 0 Å². The monoisotopic (exact) mass is 393 g/mol. The zero-order chi connectivity index (χ0) is 17.9. The lowest BCUT2D eigenvalue weighted by atomic mass is 9.86. The molecule has 3 N–H and O–H groups in total. The molecule has 0 spiro atoms. The molecule has 24 heavy (non-hydrogen) atoms. The lowest BCUT2D eigenvalue weighted by molar-refractivity contribution is -0.125. The van der Waals surface area contributed by atoms with Crippen molar-refractivity contribution in [2.24, 2.45) is 5.92 Å². The molecule has 2 rings (SSSR count). The number of aromatic nitrogens is 1. The van der Waals surface area contributed by atoms with Crippen molar-refractivity contribution >= 4 is 52.4 Å². The number of hydrogen-bond acceptors (Lipinski definition) is 5. The summed E-state index contributed by atoms with van der Waals surface area (Å²) >= 11 is 17.5. The molecule has 9 heteroatoms. The van der Waals surface area contributed by atoms with Gasteiger partial charge < -0.3 is 15.8 Å². The first kappa shape index (κ1) is 19.1. The highest BCUT2D eigenvalue weighted by atomic mass is 35.5. The Morgan fingerprint density at radius 2 is 1.92 bits per heavy atom. The van der Waals surface area contributed by atoms with Crippen LogP contribution in [0.4, 0.5) is 5.69 Å². The highest BCUT2D eigenvalue weighted by Gasteiger charge is 2.24. The number of anilines is 1. The number of amides is 1. The maximum Gasteiger partial charge on any atom is 0.359 e. The Morgan fingerprint density at radius 3 is 2.58 bits per heavy atom. The van der Waals surface area contributed by atoms with Gasteiger partial charge in [-0.1, -0.05) is 54.6 Å². The van der Waals surface area contributed by atoms with Gasteiger partial charge in [0.05, 0.1) is 10.7 Å². The lowest BCUT2D eigenvalue weighted by Crippen LogP contribution is -2.42. The second-order valence-electron chi connectivity index (χ2n) is 5.80. The molecule has 1 amide bonds. The summed E-state index contributed by atoms with van der Waals surface area (Å²) in [4.78, 5) is 27.7. The Labute approximate surface area is 155 Å². The lowest BCUT2D eigenvalue weighted by Gasteiger charge is -2.29. The zero-order valence-corrected chi connectivity index (χ0v) is 15.3. The van der Waals surface area contributed by atoms with Crippen molar-refractivity contribution in [2.45, 2.75) is 38.6 Å². The van der Waals surface area contributed by atoms with E-state index >= 15 is 0 Å². The third-order valence-electron chi connectivity index (χ3n) is 4.06. The van der Waals surface area contributed by atoms with Gasteiger partial charge in [-0.2, -0.15) is 0 Å². The van der Waals surface area contributed by atoms with Crippen molar-refractivity contribution in [1.29, 1.82) is 0 Å². The Morgan fingerprint density at radius 1 is 1.25 bits per heavy atom. The van der Waals surface area contributed by atoms with Gasteiger partial charge in [0.25, 0.3) is 5.91 Å². The van der Waals surface area contributed by atoms with E-state index in [0.29, 0.717) is 5.92 Å². The molecule has 0 saturated heterocycles. The van der Waals surface area contributed by atoms with Crippen LogP contribution in [0.15, 0.2) is 0 Å². The first-order chi connectivity index (χ1) is 11.3. The van der Waals surface area contributed by atoms with Crippen LogP contribution in [0.25, 0.3) is 0 Å². The number of esters is 1. The zero-order valence-electron chi connectivity index (χ0n) is 13.1. The van der Waals surface area contributed by atoms with Gasteiger partial charge in [0, 0.05) is 6.04 Å². The van der Waals surface area contributed by atoms with E-state index in [1.54, 1.807) is 0 Å². The number of nitrogens with two attached hydrogens (primary N) is 1. The maximum absolute atomic E-state index is 12.0. The quantitative estimate of drug-likeness (QED) is 0.602. The third-order valence-corrected chi connectivity index (χ3v) is 5.19. The van der Waals surface area contributed by atoms with Crippen LogP contribution in [0, 0.1) is 5.92 Å². The highest BCUT2D eigenvalue weighted by molar-refractivity contribution is 6.46. The Balaban J connectivity index is 1.94. The average molecular weight is 395 g/mol.